The van der Waals surface area contributed by atoms with Crippen molar-refractivity contribution < 1.29 is 0 Å². The molecule has 0 amide bonds. The quantitative estimate of drug-likeness (QED) is 0.553. The van der Waals surface area contributed by atoms with Crippen molar-refractivity contribution in [3.05, 3.63) is 41.6 Å². The largest absolute Gasteiger partial charge is 0.271 e. The van der Waals surface area contributed by atoms with E-state index in [9.17, 15) is 0 Å². The number of rotatable bonds is 2. The number of aryl methyl sites for hydroxylation is 1. The molecule has 3 nitrogen and oxygen atoms in total. The summed E-state index contributed by atoms with van der Waals surface area (Å²) < 4.78 is 0. The molecule has 14 heavy (non-hydrogen) atoms. The second-order valence-corrected chi connectivity index (χ2v) is 3.32. The highest BCUT2D eigenvalue weighted by Gasteiger charge is 2.01. The first-order chi connectivity index (χ1) is 6.81. The van der Waals surface area contributed by atoms with Crippen molar-refractivity contribution in [3.8, 4) is 0 Å². The molecule has 72 valence electrons. The van der Waals surface area contributed by atoms with Gasteiger partial charge in [-0.05, 0) is 24.6 Å². The third kappa shape index (κ3) is 1.60. The number of benzene rings is 1. The summed E-state index contributed by atoms with van der Waals surface area (Å²) in [6.07, 6.45) is 0. The van der Waals surface area contributed by atoms with Crippen LogP contribution in [-0.4, -0.2) is 4.98 Å². The van der Waals surface area contributed by atoms with Gasteiger partial charge in [0.2, 0.25) is 0 Å². The van der Waals surface area contributed by atoms with Crippen LogP contribution in [0.1, 0.15) is 11.3 Å². The minimum Gasteiger partial charge on any atom is -0.271 e. The molecule has 0 unspecified atom stereocenters. The van der Waals surface area contributed by atoms with Crippen molar-refractivity contribution in [3.63, 3.8) is 0 Å². The monoisotopic (exact) mass is 187 g/mol. The van der Waals surface area contributed by atoms with Gasteiger partial charge in [-0.3, -0.25) is 16.3 Å². The molecule has 0 atom stereocenters. The van der Waals surface area contributed by atoms with E-state index in [2.05, 4.69) is 22.5 Å². The van der Waals surface area contributed by atoms with Crippen molar-refractivity contribution in [2.45, 2.75) is 13.5 Å². The zero-order valence-electron chi connectivity index (χ0n) is 8.12. The first-order valence-electron chi connectivity index (χ1n) is 4.60. The molecule has 2 aromatic rings. The van der Waals surface area contributed by atoms with E-state index in [1.54, 1.807) is 0 Å². The normalized spacial score (nSPS) is 10.7. The van der Waals surface area contributed by atoms with Crippen molar-refractivity contribution in [2.75, 3.05) is 0 Å². The summed E-state index contributed by atoms with van der Waals surface area (Å²) in [4.78, 5) is 4.45. The molecular formula is C11H13N3. The Kier molecular flexibility index (Phi) is 2.43. The first-order valence-corrected chi connectivity index (χ1v) is 4.60. The number of hydrazine groups is 1. The Bertz CT molecular complexity index is 451. The summed E-state index contributed by atoms with van der Waals surface area (Å²) in [6.45, 7) is 2.66. The van der Waals surface area contributed by atoms with Crippen LogP contribution in [0.5, 0.6) is 0 Å². The van der Waals surface area contributed by atoms with Crippen LogP contribution in [0, 0.1) is 6.92 Å². The Morgan fingerprint density at radius 2 is 2.14 bits per heavy atom. The first kappa shape index (κ1) is 9.12. The molecule has 3 heteroatoms. The summed E-state index contributed by atoms with van der Waals surface area (Å²) >= 11 is 0. The third-order valence-electron chi connectivity index (χ3n) is 2.22. The van der Waals surface area contributed by atoms with Crippen molar-refractivity contribution in [1.82, 2.24) is 10.4 Å². The lowest BCUT2D eigenvalue weighted by Gasteiger charge is -2.06. The maximum absolute atomic E-state index is 5.33. The minimum absolute atomic E-state index is 0.671. The lowest BCUT2D eigenvalue weighted by molar-refractivity contribution is 0.744. The standard InChI is InChI=1S/C11H13N3/c1-8-6-9(7-13-12)10-4-2-3-5-11(10)14-8/h2-6,13H,7,12H2,1H3. The number of aromatic nitrogens is 1. The van der Waals surface area contributed by atoms with Gasteiger partial charge in [0.25, 0.3) is 0 Å². The summed E-state index contributed by atoms with van der Waals surface area (Å²) in [5.74, 6) is 5.33. The molecule has 0 aliphatic carbocycles. The SMILES string of the molecule is Cc1cc(CNN)c2ccccc2n1. The van der Waals surface area contributed by atoms with E-state index in [1.807, 2.05) is 25.1 Å². The number of nitrogens with zero attached hydrogens (tertiary/aromatic N) is 1. The fourth-order valence-corrected chi connectivity index (χ4v) is 1.65. The third-order valence-corrected chi connectivity index (χ3v) is 2.22. The molecular weight excluding hydrogens is 174 g/mol. The lowest BCUT2D eigenvalue weighted by Crippen LogP contribution is -2.21. The molecule has 0 bridgehead atoms. The van der Waals surface area contributed by atoms with Gasteiger partial charge in [-0.2, -0.15) is 0 Å². The van der Waals surface area contributed by atoms with Gasteiger partial charge < -0.3 is 0 Å². The molecule has 2 rings (SSSR count). The van der Waals surface area contributed by atoms with Gasteiger partial charge in [-0.25, -0.2) is 0 Å². The van der Waals surface area contributed by atoms with Gasteiger partial charge in [0.15, 0.2) is 0 Å². The molecule has 0 radical (unpaired) electrons. The number of nitrogens with two attached hydrogens (primary N) is 1. The van der Waals surface area contributed by atoms with Gasteiger partial charge in [0.05, 0.1) is 5.52 Å². The average Bonchev–Trinajstić information content (AvgIpc) is 2.18. The van der Waals surface area contributed by atoms with Gasteiger partial charge in [0.1, 0.15) is 0 Å². The van der Waals surface area contributed by atoms with E-state index in [0.717, 1.165) is 16.6 Å². The van der Waals surface area contributed by atoms with Crippen LogP contribution in [0.4, 0.5) is 0 Å². The molecule has 0 aliphatic rings. The molecule has 0 saturated carbocycles. The molecule has 0 saturated heterocycles. The summed E-state index contributed by atoms with van der Waals surface area (Å²) in [7, 11) is 0. The lowest BCUT2D eigenvalue weighted by atomic mass is 10.1. The van der Waals surface area contributed by atoms with Gasteiger partial charge in [-0.15, -0.1) is 0 Å². The number of hydrogen-bond acceptors (Lipinski definition) is 3. The van der Waals surface area contributed by atoms with Crippen molar-refractivity contribution >= 4 is 10.9 Å². The van der Waals surface area contributed by atoms with E-state index >= 15 is 0 Å². The molecule has 0 spiro atoms. The van der Waals surface area contributed by atoms with Crippen molar-refractivity contribution in [2.24, 2.45) is 5.84 Å². The number of fused-ring (bicyclic) bond motifs is 1. The highest BCUT2D eigenvalue weighted by atomic mass is 15.2. The fourth-order valence-electron chi connectivity index (χ4n) is 1.65. The van der Waals surface area contributed by atoms with Gasteiger partial charge >= 0.3 is 0 Å². The maximum atomic E-state index is 5.33. The number of pyridine rings is 1. The van der Waals surface area contributed by atoms with E-state index < -0.39 is 0 Å². The Hall–Kier alpha value is -1.45. The predicted molar refractivity (Wildman–Crippen MR) is 57.5 cm³/mol. The van der Waals surface area contributed by atoms with Crippen LogP contribution in [0.25, 0.3) is 10.9 Å². The summed E-state index contributed by atoms with van der Waals surface area (Å²) in [5, 5.41) is 1.16. The van der Waals surface area contributed by atoms with Gasteiger partial charge in [-0.1, -0.05) is 18.2 Å². The molecule has 3 N–H and O–H groups in total. The van der Waals surface area contributed by atoms with E-state index in [1.165, 1.54) is 5.56 Å². The van der Waals surface area contributed by atoms with Crippen LogP contribution in [0.2, 0.25) is 0 Å². The van der Waals surface area contributed by atoms with Gasteiger partial charge in [0, 0.05) is 17.6 Å². The fraction of sp³-hybridized carbons (Fsp3) is 0.182. The maximum Gasteiger partial charge on any atom is 0.0708 e. The summed E-state index contributed by atoms with van der Waals surface area (Å²) in [5.41, 5.74) is 5.91. The Balaban J connectivity index is 2.67. The number of hydrogen-bond donors (Lipinski definition) is 2. The second-order valence-electron chi connectivity index (χ2n) is 3.32. The average molecular weight is 187 g/mol. The molecule has 0 aliphatic heterocycles. The second kappa shape index (κ2) is 3.74. The number of para-hydroxylation sites is 1. The minimum atomic E-state index is 0.671. The zero-order chi connectivity index (χ0) is 9.97. The van der Waals surface area contributed by atoms with Crippen LogP contribution in [0.3, 0.4) is 0 Å². The van der Waals surface area contributed by atoms with Crippen LogP contribution in [0.15, 0.2) is 30.3 Å². The molecule has 1 aromatic heterocycles. The highest BCUT2D eigenvalue weighted by molar-refractivity contribution is 5.82. The number of nitrogens with one attached hydrogen (secondary N) is 1. The van der Waals surface area contributed by atoms with E-state index in [-0.39, 0.29) is 0 Å². The molecule has 0 fully saturated rings. The molecule has 1 aromatic carbocycles. The van der Waals surface area contributed by atoms with Crippen molar-refractivity contribution in [1.29, 1.82) is 0 Å². The topological polar surface area (TPSA) is 50.9 Å². The Morgan fingerprint density at radius 1 is 1.36 bits per heavy atom. The van der Waals surface area contributed by atoms with E-state index in [0.29, 0.717) is 6.54 Å². The predicted octanol–water partition coefficient (Wildman–Crippen LogP) is 1.51. The summed E-state index contributed by atoms with van der Waals surface area (Å²) in [6, 6.07) is 10.1. The van der Waals surface area contributed by atoms with Crippen LogP contribution < -0.4 is 11.3 Å². The molecule has 1 heterocycles. The van der Waals surface area contributed by atoms with Crippen LogP contribution in [-0.2, 0) is 6.54 Å². The van der Waals surface area contributed by atoms with E-state index in [4.69, 9.17) is 5.84 Å². The smallest absolute Gasteiger partial charge is 0.0708 e. The highest BCUT2D eigenvalue weighted by Crippen LogP contribution is 2.17. The Morgan fingerprint density at radius 3 is 2.93 bits per heavy atom. The van der Waals surface area contributed by atoms with Crippen LogP contribution >= 0.6 is 0 Å². The Labute approximate surface area is 82.9 Å². The zero-order valence-corrected chi connectivity index (χ0v) is 8.12.